The van der Waals surface area contributed by atoms with Crippen molar-refractivity contribution in [3.8, 4) is 0 Å². The number of carbonyl (C=O) groups excluding carboxylic acids is 1. The molecule has 0 saturated carbocycles. The zero-order chi connectivity index (χ0) is 24.4. The van der Waals surface area contributed by atoms with E-state index in [4.69, 9.17) is 4.74 Å². The molecule has 1 aromatic carbocycles. The summed E-state index contributed by atoms with van der Waals surface area (Å²) in [5.41, 5.74) is -0.678. The van der Waals surface area contributed by atoms with Gasteiger partial charge in [0.1, 0.15) is 17.2 Å². The van der Waals surface area contributed by atoms with Gasteiger partial charge in [-0.1, -0.05) is 19.1 Å². The molecule has 1 aliphatic heterocycles. The maximum absolute atomic E-state index is 13.3. The SMILES string of the molecule is CC1CN(C(=O)OC(C)(C)C)CCC1Nc1nc(C(F)(F)F)cnc1Cc1ccc(F)cc1. The van der Waals surface area contributed by atoms with Gasteiger partial charge in [-0.3, -0.25) is 4.98 Å². The Labute approximate surface area is 190 Å². The first-order chi connectivity index (χ1) is 15.3. The number of halogens is 4. The Hall–Kier alpha value is -2.91. The first kappa shape index (κ1) is 24.7. The van der Waals surface area contributed by atoms with Crippen LogP contribution in [0, 0.1) is 11.7 Å². The second kappa shape index (κ2) is 9.52. The lowest BCUT2D eigenvalue weighted by molar-refractivity contribution is -0.141. The topological polar surface area (TPSA) is 67.3 Å². The fourth-order valence-corrected chi connectivity index (χ4v) is 3.62. The van der Waals surface area contributed by atoms with Crippen molar-refractivity contribution < 1.29 is 27.1 Å². The smallest absolute Gasteiger partial charge is 0.434 e. The Kier molecular flexibility index (Phi) is 7.14. The number of carbonyl (C=O) groups is 1. The highest BCUT2D eigenvalue weighted by molar-refractivity contribution is 5.68. The molecular weight excluding hydrogens is 440 g/mol. The van der Waals surface area contributed by atoms with Crippen molar-refractivity contribution in [1.82, 2.24) is 14.9 Å². The van der Waals surface area contributed by atoms with Crippen LogP contribution in [0.2, 0.25) is 0 Å². The average Bonchev–Trinajstić information content (AvgIpc) is 2.70. The van der Waals surface area contributed by atoms with Gasteiger partial charge in [0.15, 0.2) is 5.69 Å². The van der Waals surface area contributed by atoms with Crippen molar-refractivity contribution in [2.24, 2.45) is 5.92 Å². The van der Waals surface area contributed by atoms with Crippen LogP contribution in [0.15, 0.2) is 30.5 Å². The number of ether oxygens (including phenoxy) is 1. The third-order valence-corrected chi connectivity index (χ3v) is 5.30. The van der Waals surface area contributed by atoms with Crippen molar-refractivity contribution >= 4 is 11.9 Å². The van der Waals surface area contributed by atoms with Crippen molar-refractivity contribution in [1.29, 1.82) is 0 Å². The minimum absolute atomic E-state index is 0.0386. The van der Waals surface area contributed by atoms with Crippen LogP contribution < -0.4 is 5.32 Å². The van der Waals surface area contributed by atoms with E-state index in [0.29, 0.717) is 37.0 Å². The number of alkyl halides is 3. The van der Waals surface area contributed by atoms with Crippen LogP contribution in [0.25, 0.3) is 0 Å². The number of amides is 1. The molecule has 0 radical (unpaired) electrons. The molecule has 1 amide bonds. The number of nitrogens with one attached hydrogen (secondary N) is 1. The molecular formula is C23H28F4N4O2. The summed E-state index contributed by atoms with van der Waals surface area (Å²) in [6.07, 6.45) is -3.64. The normalized spacial score (nSPS) is 19.3. The molecule has 0 spiro atoms. The fourth-order valence-electron chi connectivity index (χ4n) is 3.62. The Morgan fingerprint density at radius 1 is 1.21 bits per heavy atom. The summed E-state index contributed by atoms with van der Waals surface area (Å²) >= 11 is 0. The highest BCUT2D eigenvalue weighted by Gasteiger charge is 2.35. The molecule has 1 fully saturated rings. The molecule has 6 nitrogen and oxygen atoms in total. The van der Waals surface area contributed by atoms with Crippen molar-refractivity contribution in [2.75, 3.05) is 18.4 Å². The molecule has 2 heterocycles. The van der Waals surface area contributed by atoms with Gasteiger partial charge in [0.05, 0.1) is 11.9 Å². The monoisotopic (exact) mass is 468 g/mol. The Morgan fingerprint density at radius 2 is 1.88 bits per heavy atom. The van der Waals surface area contributed by atoms with Crippen molar-refractivity contribution in [3.05, 3.63) is 53.2 Å². The first-order valence-corrected chi connectivity index (χ1v) is 10.7. The van der Waals surface area contributed by atoms with E-state index in [-0.39, 0.29) is 24.2 Å². The number of nitrogens with zero attached hydrogens (tertiary/aromatic N) is 3. The lowest BCUT2D eigenvalue weighted by Gasteiger charge is -2.38. The van der Waals surface area contributed by atoms with Gasteiger partial charge < -0.3 is 15.0 Å². The van der Waals surface area contributed by atoms with Gasteiger partial charge in [0, 0.05) is 25.6 Å². The molecule has 0 bridgehead atoms. The third-order valence-electron chi connectivity index (χ3n) is 5.30. The Balaban J connectivity index is 1.78. The summed E-state index contributed by atoms with van der Waals surface area (Å²) in [6, 6.07) is 5.47. The molecule has 33 heavy (non-hydrogen) atoms. The predicted octanol–water partition coefficient (Wildman–Crippen LogP) is 5.28. The van der Waals surface area contributed by atoms with Crippen LogP contribution in [0.5, 0.6) is 0 Å². The summed E-state index contributed by atoms with van der Waals surface area (Å²) in [6.45, 7) is 8.07. The number of anilines is 1. The first-order valence-electron chi connectivity index (χ1n) is 10.7. The molecule has 2 atom stereocenters. The molecule has 1 saturated heterocycles. The minimum atomic E-state index is -4.64. The lowest BCUT2D eigenvalue weighted by atomic mass is 9.94. The standard InChI is InChI=1S/C23H28F4N4O2/c1-14-13-31(21(32)33-22(2,3)4)10-9-17(14)29-20-18(11-15-5-7-16(24)8-6-15)28-12-19(30-20)23(25,26)27/h5-8,12,14,17H,9-11,13H2,1-4H3,(H,29,30). The lowest BCUT2D eigenvalue weighted by Crippen LogP contribution is -2.49. The number of hydrogen-bond acceptors (Lipinski definition) is 5. The van der Waals surface area contributed by atoms with Crippen LogP contribution in [-0.4, -0.2) is 45.7 Å². The predicted molar refractivity (Wildman–Crippen MR) is 115 cm³/mol. The van der Waals surface area contributed by atoms with Gasteiger partial charge in [-0.25, -0.2) is 14.2 Å². The van der Waals surface area contributed by atoms with Gasteiger partial charge in [-0.2, -0.15) is 13.2 Å². The molecule has 180 valence electrons. The van der Waals surface area contributed by atoms with Gasteiger partial charge in [0.25, 0.3) is 0 Å². The molecule has 10 heteroatoms. The summed E-state index contributed by atoms with van der Waals surface area (Å²) in [5.74, 6) is -0.431. The third kappa shape index (κ3) is 6.79. The van der Waals surface area contributed by atoms with E-state index < -0.39 is 29.4 Å². The van der Waals surface area contributed by atoms with Gasteiger partial charge in [-0.15, -0.1) is 0 Å². The molecule has 1 aliphatic rings. The van der Waals surface area contributed by atoms with Gasteiger partial charge in [-0.05, 0) is 50.8 Å². The van der Waals surface area contributed by atoms with Crippen LogP contribution in [0.4, 0.5) is 28.2 Å². The number of rotatable bonds is 4. The van der Waals surface area contributed by atoms with Crippen LogP contribution >= 0.6 is 0 Å². The maximum Gasteiger partial charge on any atom is 0.434 e. The summed E-state index contributed by atoms with van der Waals surface area (Å²) in [7, 11) is 0. The zero-order valence-electron chi connectivity index (χ0n) is 19.0. The number of aromatic nitrogens is 2. The van der Waals surface area contributed by atoms with E-state index in [9.17, 15) is 22.4 Å². The zero-order valence-corrected chi connectivity index (χ0v) is 19.0. The largest absolute Gasteiger partial charge is 0.444 e. The number of likely N-dealkylation sites (tertiary alicyclic amines) is 1. The average molecular weight is 468 g/mol. The van der Waals surface area contributed by atoms with Gasteiger partial charge >= 0.3 is 12.3 Å². The second-order valence-corrected chi connectivity index (χ2v) is 9.29. The Bertz CT molecular complexity index is 974. The van der Waals surface area contributed by atoms with E-state index in [0.717, 1.165) is 0 Å². The van der Waals surface area contributed by atoms with Crippen molar-refractivity contribution in [2.45, 2.75) is 58.4 Å². The van der Waals surface area contributed by atoms with E-state index in [1.54, 1.807) is 37.8 Å². The minimum Gasteiger partial charge on any atom is -0.444 e. The number of hydrogen-bond donors (Lipinski definition) is 1. The molecule has 1 aromatic heterocycles. The van der Waals surface area contributed by atoms with Crippen LogP contribution in [-0.2, 0) is 17.3 Å². The molecule has 2 unspecified atom stereocenters. The fraction of sp³-hybridized carbons (Fsp3) is 0.522. The van der Waals surface area contributed by atoms with E-state index in [2.05, 4.69) is 15.3 Å². The highest BCUT2D eigenvalue weighted by Crippen LogP contribution is 2.30. The quantitative estimate of drug-likeness (QED) is 0.619. The van der Waals surface area contributed by atoms with Crippen molar-refractivity contribution in [3.63, 3.8) is 0 Å². The molecule has 3 rings (SSSR count). The number of benzene rings is 1. The molecule has 0 aliphatic carbocycles. The van der Waals surface area contributed by atoms with E-state index in [1.165, 1.54) is 12.1 Å². The van der Waals surface area contributed by atoms with E-state index >= 15 is 0 Å². The summed E-state index contributed by atoms with van der Waals surface area (Å²) in [4.78, 5) is 21.8. The highest BCUT2D eigenvalue weighted by atomic mass is 19.4. The molecule has 2 aromatic rings. The van der Waals surface area contributed by atoms with Crippen LogP contribution in [0.3, 0.4) is 0 Å². The molecule has 1 N–H and O–H groups in total. The Morgan fingerprint density at radius 3 is 2.45 bits per heavy atom. The second-order valence-electron chi connectivity index (χ2n) is 9.29. The maximum atomic E-state index is 13.3. The van der Waals surface area contributed by atoms with E-state index in [1.807, 2.05) is 6.92 Å². The summed E-state index contributed by atoms with van der Waals surface area (Å²) in [5, 5.41) is 3.12. The number of piperidine rings is 1. The van der Waals surface area contributed by atoms with Crippen LogP contribution in [0.1, 0.15) is 51.1 Å². The van der Waals surface area contributed by atoms with Gasteiger partial charge in [0.2, 0.25) is 0 Å². The summed E-state index contributed by atoms with van der Waals surface area (Å²) < 4.78 is 58.5.